The van der Waals surface area contributed by atoms with E-state index >= 15 is 0 Å². The smallest absolute Gasteiger partial charge is 0.327 e. The summed E-state index contributed by atoms with van der Waals surface area (Å²) in [5, 5.41) is 13.4. The zero-order chi connectivity index (χ0) is 15.6. The predicted molar refractivity (Wildman–Crippen MR) is 77.6 cm³/mol. The first-order valence-corrected chi connectivity index (χ1v) is 8.63. The molecule has 8 heteroatoms. The van der Waals surface area contributed by atoms with Gasteiger partial charge in [-0.3, -0.25) is 10.1 Å². The van der Waals surface area contributed by atoms with E-state index in [2.05, 4.69) is 5.32 Å². The standard InChI is InChI=1S/C13H17FN2O4S/c1-21(19,20)10-5-2-4-9(8-10)15-12-7-3-6-11(14)13(12)16(17)18/h3,6-7,9-10,15H,2,4-5,8H2,1H3. The SMILES string of the molecule is CS(=O)(=O)C1CCCC(Nc2cccc(F)c2[N+](=O)[O-])C1. The van der Waals surface area contributed by atoms with Crippen LogP contribution in [0, 0.1) is 15.9 Å². The number of nitro benzene ring substituents is 1. The van der Waals surface area contributed by atoms with Crippen LogP contribution in [0.4, 0.5) is 15.8 Å². The maximum Gasteiger partial charge on any atom is 0.327 e. The molecule has 116 valence electrons. The molecule has 1 saturated carbocycles. The highest BCUT2D eigenvalue weighted by molar-refractivity contribution is 7.91. The maximum absolute atomic E-state index is 13.5. The molecule has 0 amide bonds. The van der Waals surface area contributed by atoms with Crippen molar-refractivity contribution in [2.45, 2.75) is 37.0 Å². The van der Waals surface area contributed by atoms with Gasteiger partial charge in [-0.1, -0.05) is 12.5 Å². The molecule has 1 fully saturated rings. The van der Waals surface area contributed by atoms with Crippen LogP contribution in [-0.2, 0) is 9.84 Å². The summed E-state index contributed by atoms with van der Waals surface area (Å²) in [6.45, 7) is 0. The number of halogens is 1. The second-order valence-electron chi connectivity index (χ2n) is 5.35. The van der Waals surface area contributed by atoms with Gasteiger partial charge in [0, 0.05) is 12.3 Å². The van der Waals surface area contributed by atoms with Gasteiger partial charge < -0.3 is 5.32 Å². The Labute approximate surface area is 122 Å². The number of para-hydroxylation sites is 1. The highest BCUT2D eigenvalue weighted by Gasteiger charge is 2.30. The maximum atomic E-state index is 13.5. The van der Waals surface area contributed by atoms with E-state index in [-0.39, 0.29) is 11.7 Å². The van der Waals surface area contributed by atoms with E-state index in [0.29, 0.717) is 19.3 Å². The third kappa shape index (κ3) is 3.69. The molecule has 2 atom stereocenters. The first kappa shape index (κ1) is 15.7. The molecule has 21 heavy (non-hydrogen) atoms. The summed E-state index contributed by atoms with van der Waals surface area (Å²) in [6.07, 6.45) is 3.61. The monoisotopic (exact) mass is 316 g/mol. The Bertz CT molecular complexity index is 648. The van der Waals surface area contributed by atoms with E-state index in [4.69, 9.17) is 0 Å². The molecule has 1 aliphatic rings. The fourth-order valence-electron chi connectivity index (χ4n) is 2.70. The minimum atomic E-state index is -3.13. The molecule has 0 aliphatic heterocycles. The lowest BCUT2D eigenvalue weighted by atomic mass is 9.94. The Kier molecular flexibility index (Phi) is 4.46. The summed E-state index contributed by atoms with van der Waals surface area (Å²) in [6, 6.07) is 3.65. The average Bonchev–Trinajstić information content (AvgIpc) is 2.37. The van der Waals surface area contributed by atoms with Gasteiger partial charge in [-0.2, -0.15) is 4.39 Å². The van der Waals surface area contributed by atoms with Gasteiger partial charge in [0.1, 0.15) is 15.5 Å². The molecule has 0 spiro atoms. The summed E-state index contributed by atoms with van der Waals surface area (Å²) in [7, 11) is -3.13. The Morgan fingerprint density at radius 1 is 1.38 bits per heavy atom. The zero-order valence-corrected chi connectivity index (χ0v) is 12.4. The van der Waals surface area contributed by atoms with Crippen molar-refractivity contribution in [3.8, 4) is 0 Å². The van der Waals surface area contributed by atoms with Crippen molar-refractivity contribution in [1.82, 2.24) is 0 Å². The van der Waals surface area contributed by atoms with E-state index < -0.39 is 31.5 Å². The molecule has 0 bridgehead atoms. The number of anilines is 1. The van der Waals surface area contributed by atoms with Crippen LogP contribution < -0.4 is 5.32 Å². The molecule has 1 aromatic carbocycles. The molecule has 0 heterocycles. The number of rotatable bonds is 4. The molecule has 0 radical (unpaired) electrons. The zero-order valence-electron chi connectivity index (χ0n) is 11.6. The van der Waals surface area contributed by atoms with Crippen LogP contribution in [0.3, 0.4) is 0 Å². The van der Waals surface area contributed by atoms with Gasteiger partial charge in [-0.05, 0) is 31.4 Å². The van der Waals surface area contributed by atoms with Crippen LogP contribution in [0.25, 0.3) is 0 Å². The molecular weight excluding hydrogens is 299 g/mol. The molecule has 0 aromatic heterocycles. The van der Waals surface area contributed by atoms with E-state index in [0.717, 1.165) is 12.5 Å². The van der Waals surface area contributed by atoms with Crippen molar-refractivity contribution in [3.05, 3.63) is 34.1 Å². The number of nitrogens with one attached hydrogen (secondary N) is 1. The lowest BCUT2D eigenvalue weighted by Gasteiger charge is -2.29. The number of nitro groups is 1. The van der Waals surface area contributed by atoms with Gasteiger partial charge in [-0.25, -0.2) is 8.42 Å². The molecule has 2 unspecified atom stereocenters. The second kappa shape index (κ2) is 5.97. The first-order chi connectivity index (χ1) is 9.79. The van der Waals surface area contributed by atoms with E-state index in [1.807, 2.05) is 0 Å². The van der Waals surface area contributed by atoms with Crippen LogP contribution in [0.15, 0.2) is 18.2 Å². The van der Waals surface area contributed by atoms with Crippen molar-refractivity contribution in [1.29, 1.82) is 0 Å². The highest BCUT2D eigenvalue weighted by Crippen LogP contribution is 2.31. The van der Waals surface area contributed by atoms with Crippen molar-refractivity contribution in [2.75, 3.05) is 11.6 Å². The summed E-state index contributed by atoms with van der Waals surface area (Å²) in [5.74, 6) is -0.902. The van der Waals surface area contributed by atoms with Crippen LogP contribution in [0.2, 0.25) is 0 Å². The fraction of sp³-hybridized carbons (Fsp3) is 0.538. The second-order valence-corrected chi connectivity index (χ2v) is 7.68. The van der Waals surface area contributed by atoms with Gasteiger partial charge in [0.2, 0.25) is 5.82 Å². The Balaban J connectivity index is 2.19. The van der Waals surface area contributed by atoms with E-state index in [9.17, 15) is 22.9 Å². The summed E-state index contributed by atoms with van der Waals surface area (Å²) < 4.78 is 36.8. The summed E-state index contributed by atoms with van der Waals surface area (Å²) in [4.78, 5) is 10.2. The van der Waals surface area contributed by atoms with E-state index in [1.54, 1.807) is 0 Å². The van der Waals surface area contributed by atoms with Crippen LogP contribution in [-0.4, -0.2) is 30.9 Å². The van der Waals surface area contributed by atoms with Crippen LogP contribution in [0.5, 0.6) is 0 Å². The highest BCUT2D eigenvalue weighted by atomic mass is 32.2. The van der Waals surface area contributed by atoms with Gasteiger partial charge in [-0.15, -0.1) is 0 Å². The summed E-state index contributed by atoms with van der Waals surface area (Å²) >= 11 is 0. The Hall–Kier alpha value is -1.70. The third-order valence-electron chi connectivity index (χ3n) is 3.76. The van der Waals surface area contributed by atoms with Gasteiger partial charge >= 0.3 is 5.69 Å². The van der Waals surface area contributed by atoms with Crippen LogP contribution in [0.1, 0.15) is 25.7 Å². The Morgan fingerprint density at radius 2 is 2.10 bits per heavy atom. The van der Waals surface area contributed by atoms with E-state index in [1.165, 1.54) is 18.4 Å². The quantitative estimate of drug-likeness (QED) is 0.681. The van der Waals surface area contributed by atoms with Crippen molar-refractivity contribution in [3.63, 3.8) is 0 Å². The number of sulfone groups is 1. The van der Waals surface area contributed by atoms with Crippen molar-refractivity contribution >= 4 is 21.2 Å². The molecule has 0 saturated heterocycles. The average molecular weight is 316 g/mol. The number of benzene rings is 1. The molecular formula is C13H17FN2O4S. The lowest BCUT2D eigenvalue weighted by Crippen LogP contribution is -2.34. The number of hydrogen-bond donors (Lipinski definition) is 1. The lowest BCUT2D eigenvalue weighted by molar-refractivity contribution is -0.386. The molecule has 2 rings (SSSR count). The van der Waals surface area contributed by atoms with Crippen molar-refractivity contribution in [2.24, 2.45) is 0 Å². The molecule has 6 nitrogen and oxygen atoms in total. The topological polar surface area (TPSA) is 89.3 Å². The molecule has 1 N–H and O–H groups in total. The van der Waals surface area contributed by atoms with Gasteiger partial charge in [0.05, 0.1) is 10.2 Å². The van der Waals surface area contributed by atoms with Crippen LogP contribution >= 0.6 is 0 Å². The molecule has 1 aliphatic carbocycles. The molecule has 1 aromatic rings. The van der Waals surface area contributed by atoms with Gasteiger partial charge in [0.15, 0.2) is 0 Å². The largest absolute Gasteiger partial charge is 0.377 e. The summed E-state index contributed by atoms with van der Waals surface area (Å²) in [5.41, 5.74) is -0.502. The minimum Gasteiger partial charge on any atom is -0.377 e. The first-order valence-electron chi connectivity index (χ1n) is 6.67. The normalized spacial score (nSPS) is 22.8. The number of nitrogens with zero attached hydrogens (tertiary/aromatic N) is 1. The number of hydrogen-bond acceptors (Lipinski definition) is 5. The Morgan fingerprint density at radius 3 is 2.71 bits per heavy atom. The predicted octanol–water partition coefficient (Wildman–Crippen LogP) is 2.50. The van der Waals surface area contributed by atoms with Crippen molar-refractivity contribution < 1.29 is 17.7 Å². The fourth-order valence-corrected chi connectivity index (χ4v) is 3.88. The van der Waals surface area contributed by atoms with Gasteiger partial charge in [0.25, 0.3) is 0 Å². The third-order valence-corrected chi connectivity index (χ3v) is 5.40. The minimum absolute atomic E-state index is 0.0964.